The maximum absolute atomic E-state index is 13.0. The number of morpholine rings is 1. The van der Waals surface area contributed by atoms with Gasteiger partial charge in [-0.1, -0.05) is 35.0 Å². The zero-order chi connectivity index (χ0) is 16.6. The average molecular weight is 335 g/mol. The first-order valence-corrected chi connectivity index (χ1v) is 8.01. The molecule has 6 heteroatoms. The lowest BCUT2D eigenvalue weighted by Gasteiger charge is -2.35. The number of ether oxygens (including phenoxy) is 1. The minimum atomic E-state index is -0.0966. The lowest BCUT2D eigenvalue weighted by Crippen LogP contribution is -2.48. The van der Waals surface area contributed by atoms with Gasteiger partial charge in [0.1, 0.15) is 17.0 Å². The van der Waals surface area contributed by atoms with Gasteiger partial charge in [0.2, 0.25) is 0 Å². The van der Waals surface area contributed by atoms with Gasteiger partial charge in [0, 0.05) is 18.7 Å². The smallest absolute Gasteiger partial charge is 0.259 e. The van der Waals surface area contributed by atoms with Crippen molar-refractivity contribution in [3.05, 3.63) is 40.6 Å². The quantitative estimate of drug-likeness (QED) is 0.842. The van der Waals surface area contributed by atoms with Crippen LogP contribution < -0.4 is 0 Å². The van der Waals surface area contributed by atoms with E-state index in [4.69, 9.17) is 20.9 Å². The van der Waals surface area contributed by atoms with E-state index in [9.17, 15) is 4.79 Å². The van der Waals surface area contributed by atoms with E-state index in [0.717, 1.165) is 0 Å². The second-order valence-corrected chi connectivity index (χ2v) is 6.32. The van der Waals surface area contributed by atoms with Gasteiger partial charge in [0.25, 0.3) is 5.91 Å². The molecule has 0 aliphatic carbocycles. The molecule has 5 nitrogen and oxygen atoms in total. The summed E-state index contributed by atoms with van der Waals surface area (Å²) >= 11 is 6.25. The summed E-state index contributed by atoms with van der Waals surface area (Å²) in [6.07, 6.45) is 0.0123. The van der Waals surface area contributed by atoms with Crippen LogP contribution in [0.4, 0.5) is 0 Å². The molecule has 0 spiro atoms. The predicted octanol–water partition coefficient (Wildman–Crippen LogP) is 3.55. The lowest BCUT2D eigenvalue weighted by molar-refractivity contribution is -0.0586. The molecule has 1 saturated heterocycles. The first kappa shape index (κ1) is 16.0. The van der Waals surface area contributed by atoms with E-state index < -0.39 is 0 Å². The molecule has 1 aliphatic rings. The summed E-state index contributed by atoms with van der Waals surface area (Å²) in [5.74, 6) is 0.400. The van der Waals surface area contributed by atoms with Gasteiger partial charge in [-0.15, -0.1) is 0 Å². The third-order valence-electron chi connectivity index (χ3n) is 3.91. The summed E-state index contributed by atoms with van der Waals surface area (Å²) in [6, 6.07) is 7.30. The van der Waals surface area contributed by atoms with Crippen LogP contribution in [0, 0.1) is 6.92 Å². The highest BCUT2D eigenvalue weighted by Crippen LogP contribution is 2.32. The number of carbonyl (C=O) groups excluding carboxylic acids is 1. The Bertz CT molecular complexity index is 718. The number of aryl methyl sites for hydroxylation is 1. The molecule has 23 heavy (non-hydrogen) atoms. The highest BCUT2D eigenvalue weighted by atomic mass is 35.5. The molecule has 1 aliphatic heterocycles. The van der Waals surface area contributed by atoms with Crippen molar-refractivity contribution in [2.45, 2.75) is 33.0 Å². The van der Waals surface area contributed by atoms with Crippen LogP contribution in [0.1, 0.15) is 30.0 Å². The number of rotatable bonds is 2. The van der Waals surface area contributed by atoms with E-state index >= 15 is 0 Å². The topological polar surface area (TPSA) is 55.6 Å². The van der Waals surface area contributed by atoms with E-state index in [1.165, 1.54) is 0 Å². The maximum atomic E-state index is 13.0. The minimum Gasteiger partial charge on any atom is -0.372 e. The average Bonchev–Trinajstić information content (AvgIpc) is 2.87. The van der Waals surface area contributed by atoms with Gasteiger partial charge in [-0.3, -0.25) is 4.79 Å². The number of nitrogens with zero attached hydrogens (tertiary/aromatic N) is 2. The van der Waals surface area contributed by atoms with Crippen molar-refractivity contribution < 1.29 is 14.1 Å². The summed E-state index contributed by atoms with van der Waals surface area (Å²) in [5, 5.41) is 4.60. The number of aromatic nitrogens is 1. The highest BCUT2D eigenvalue weighted by Gasteiger charge is 2.31. The molecule has 1 aromatic heterocycles. The number of benzene rings is 1. The molecule has 0 bridgehead atoms. The van der Waals surface area contributed by atoms with Gasteiger partial charge in [-0.05, 0) is 26.8 Å². The molecule has 1 fully saturated rings. The minimum absolute atomic E-state index is 0.00614. The van der Waals surface area contributed by atoms with Crippen molar-refractivity contribution in [1.29, 1.82) is 0 Å². The molecule has 3 rings (SSSR count). The van der Waals surface area contributed by atoms with E-state index in [2.05, 4.69) is 5.16 Å². The number of carbonyl (C=O) groups is 1. The summed E-state index contributed by atoms with van der Waals surface area (Å²) < 4.78 is 11.0. The second kappa shape index (κ2) is 6.34. The van der Waals surface area contributed by atoms with E-state index in [1.54, 1.807) is 17.9 Å². The predicted molar refractivity (Wildman–Crippen MR) is 87.6 cm³/mol. The zero-order valence-corrected chi connectivity index (χ0v) is 14.1. The monoisotopic (exact) mass is 334 g/mol. The largest absolute Gasteiger partial charge is 0.372 e. The van der Waals surface area contributed by atoms with E-state index in [-0.39, 0.29) is 18.1 Å². The van der Waals surface area contributed by atoms with Crippen molar-refractivity contribution in [2.75, 3.05) is 13.1 Å². The van der Waals surface area contributed by atoms with Gasteiger partial charge < -0.3 is 14.2 Å². The van der Waals surface area contributed by atoms with Crippen LogP contribution in [0.3, 0.4) is 0 Å². The van der Waals surface area contributed by atoms with Crippen LogP contribution in [0.2, 0.25) is 5.02 Å². The summed E-state index contributed by atoms with van der Waals surface area (Å²) in [6.45, 7) is 6.77. The standard InChI is InChI=1S/C17H19ClN2O3/c1-10-8-20(9-11(2)22-10)17(21)15-12(3)23-19-16(15)13-6-4-5-7-14(13)18/h4-7,10-11H,8-9H2,1-3H3/t10-,11-/m1/s1. The molecule has 0 N–H and O–H groups in total. The van der Waals surface area contributed by atoms with Crippen molar-refractivity contribution in [3.8, 4) is 11.3 Å². The van der Waals surface area contributed by atoms with Crippen LogP contribution >= 0.6 is 11.6 Å². The van der Waals surface area contributed by atoms with Gasteiger partial charge in [0.15, 0.2) is 0 Å². The number of halogens is 1. The lowest BCUT2D eigenvalue weighted by atomic mass is 10.0. The van der Waals surface area contributed by atoms with Crippen LogP contribution in [-0.4, -0.2) is 41.3 Å². The van der Waals surface area contributed by atoms with Crippen molar-refractivity contribution in [3.63, 3.8) is 0 Å². The van der Waals surface area contributed by atoms with Crippen molar-refractivity contribution >= 4 is 17.5 Å². The SMILES string of the molecule is Cc1onc(-c2ccccc2Cl)c1C(=O)N1C[C@@H](C)O[C@H](C)C1. The summed E-state index contributed by atoms with van der Waals surface area (Å²) in [4.78, 5) is 14.8. The molecule has 1 aromatic carbocycles. The van der Waals surface area contributed by atoms with Crippen molar-refractivity contribution in [1.82, 2.24) is 10.1 Å². The Morgan fingerprint density at radius 1 is 1.26 bits per heavy atom. The maximum Gasteiger partial charge on any atom is 0.259 e. The third-order valence-corrected chi connectivity index (χ3v) is 4.24. The van der Waals surface area contributed by atoms with Gasteiger partial charge in [-0.2, -0.15) is 0 Å². The second-order valence-electron chi connectivity index (χ2n) is 5.91. The van der Waals surface area contributed by atoms with Crippen LogP contribution in [-0.2, 0) is 4.74 Å². The Hall–Kier alpha value is -1.85. The number of hydrogen-bond acceptors (Lipinski definition) is 4. The molecule has 0 radical (unpaired) electrons. The zero-order valence-electron chi connectivity index (χ0n) is 13.4. The van der Waals surface area contributed by atoms with E-state index in [0.29, 0.717) is 40.7 Å². The molecule has 0 saturated carbocycles. The number of amides is 1. The molecule has 122 valence electrons. The van der Waals surface area contributed by atoms with Gasteiger partial charge in [-0.25, -0.2) is 0 Å². The summed E-state index contributed by atoms with van der Waals surface area (Å²) in [7, 11) is 0. The highest BCUT2D eigenvalue weighted by molar-refractivity contribution is 6.33. The molecule has 1 amide bonds. The van der Waals surface area contributed by atoms with Crippen LogP contribution in [0.25, 0.3) is 11.3 Å². The summed E-state index contributed by atoms with van der Waals surface area (Å²) in [5.41, 5.74) is 1.66. The Kier molecular flexibility index (Phi) is 4.41. The van der Waals surface area contributed by atoms with Gasteiger partial charge >= 0.3 is 0 Å². The Labute approximate surface area is 140 Å². The van der Waals surface area contributed by atoms with Crippen molar-refractivity contribution in [2.24, 2.45) is 0 Å². The molecule has 2 atom stereocenters. The molecular weight excluding hydrogens is 316 g/mol. The number of hydrogen-bond donors (Lipinski definition) is 0. The molecule has 0 unspecified atom stereocenters. The fraction of sp³-hybridized carbons (Fsp3) is 0.412. The van der Waals surface area contributed by atoms with Gasteiger partial charge in [0.05, 0.1) is 17.2 Å². The first-order valence-electron chi connectivity index (χ1n) is 7.63. The third kappa shape index (κ3) is 3.12. The fourth-order valence-corrected chi connectivity index (χ4v) is 3.19. The first-order chi connectivity index (χ1) is 11.0. The molecule has 2 heterocycles. The Balaban J connectivity index is 1.99. The molecular formula is C17H19ClN2O3. The Morgan fingerprint density at radius 3 is 2.57 bits per heavy atom. The van der Waals surface area contributed by atoms with Crippen LogP contribution in [0.15, 0.2) is 28.8 Å². The van der Waals surface area contributed by atoms with Crippen LogP contribution in [0.5, 0.6) is 0 Å². The normalized spacial score (nSPS) is 21.5. The molecule has 2 aromatic rings. The van der Waals surface area contributed by atoms with E-state index in [1.807, 2.05) is 32.0 Å². The Morgan fingerprint density at radius 2 is 1.91 bits per heavy atom. The fourth-order valence-electron chi connectivity index (χ4n) is 2.96.